The van der Waals surface area contributed by atoms with Gasteiger partial charge in [-0.3, -0.25) is 0 Å². The van der Waals surface area contributed by atoms with Gasteiger partial charge in [0.25, 0.3) is 0 Å². The number of hydrogen-bond acceptors (Lipinski definition) is 3. The average molecular weight is 207 g/mol. The van der Waals surface area contributed by atoms with Gasteiger partial charge in [-0.05, 0) is 17.7 Å². The normalized spacial score (nSPS) is 11.4. The van der Waals surface area contributed by atoms with E-state index >= 15 is 0 Å². The second-order valence-electron chi connectivity index (χ2n) is 3.67. The van der Waals surface area contributed by atoms with Crippen LogP contribution in [0.1, 0.15) is 30.3 Å². The van der Waals surface area contributed by atoms with Gasteiger partial charge in [0, 0.05) is 5.92 Å². The van der Waals surface area contributed by atoms with E-state index < -0.39 is 0 Å². The molecule has 0 spiro atoms. The largest absolute Gasteiger partial charge is 0.392 e. The topological polar surface area (TPSA) is 33.1 Å². The van der Waals surface area contributed by atoms with Crippen LogP contribution in [0.4, 0.5) is 0 Å². The molecule has 3 heteroatoms. The van der Waals surface area contributed by atoms with Crippen molar-refractivity contribution in [2.75, 3.05) is 0 Å². The standard InChI is InChI=1S/C11H13NOS/c1-7(2)11-12-9-4-3-8(6-13)5-10(9)14-11/h3-5,7,13H,6H2,1-2H3. The van der Waals surface area contributed by atoms with Gasteiger partial charge in [0.05, 0.1) is 21.8 Å². The molecule has 1 heterocycles. The molecule has 0 aliphatic carbocycles. The summed E-state index contributed by atoms with van der Waals surface area (Å²) in [7, 11) is 0. The maximum atomic E-state index is 9.00. The number of fused-ring (bicyclic) bond motifs is 1. The minimum Gasteiger partial charge on any atom is -0.392 e. The molecule has 2 aromatic rings. The molecule has 0 saturated heterocycles. The van der Waals surface area contributed by atoms with Crippen molar-refractivity contribution in [2.24, 2.45) is 0 Å². The Morgan fingerprint density at radius 2 is 2.21 bits per heavy atom. The van der Waals surface area contributed by atoms with Gasteiger partial charge in [0.2, 0.25) is 0 Å². The van der Waals surface area contributed by atoms with E-state index in [2.05, 4.69) is 18.8 Å². The molecule has 2 nitrogen and oxygen atoms in total. The Hall–Kier alpha value is -0.930. The lowest BCUT2D eigenvalue weighted by atomic mass is 10.2. The van der Waals surface area contributed by atoms with Crippen molar-refractivity contribution in [3.8, 4) is 0 Å². The fourth-order valence-corrected chi connectivity index (χ4v) is 2.37. The van der Waals surface area contributed by atoms with Crippen LogP contribution in [0.3, 0.4) is 0 Å². The Kier molecular flexibility index (Phi) is 2.52. The van der Waals surface area contributed by atoms with E-state index in [9.17, 15) is 0 Å². The summed E-state index contributed by atoms with van der Waals surface area (Å²) in [5.74, 6) is 0.477. The lowest BCUT2D eigenvalue weighted by Crippen LogP contribution is -1.83. The third-order valence-corrected chi connectivity index (χ3v) is 3.46. The molecule has 0 unspecified atom stereocenters. The maximum absolute atomic E-state index is 9.00. The number of nitrogens with zero attached hydrogens (tertiary/aromatic N) is 1. The summed E-state index contributed by atoms with van der Waals surface area (Å²) in [6, 6.07) is 5.91. The van der Waals surface area contributed by atoms with Crippen molar-refractivity contribution in [2.45, 2.75) is 26.4 Å². The van der Waals surface area contributed by atoms with Crippen molar-refractivity contribution in [1.82, 2.24) is 4.98 Å². The first-order valence-electron chi connectivity index (χ1n) is 4.71. The molecule has 0 amide bonds. The summed E-state index contributed by atoms with van der Waals surface area (Å²) in [5, 5.41) is 10.2. The zero-order valence-electron chi connectivity index (χ0n) is 8.32. The molecule has 14 heavy (non-hydrogen) atoms. The summed E-state index contributed by atoms with van der Waals surface area (Å²) in [6.07, 6.45) is 0. The van der Waals surface area contributed by atoms with Crippen LogP contribution in [0.25, 0.3) is 10.2 Å². The summed E-state index contributed by atoms with van der Waals surface area (Å²) >= 11 is 1.71. The molecule has 0 fully saturated rings. The molecule has 1 aromatic heterocycles. The third kappa shape index (κ3) is 1.65. The molecule has 0 aliphatic heterocycles. The lowest BCUT2D eigenvalue weighted by Gasteiger charge is -1.94. The smallest absolute Gasteiger partial charge is 0.0963 e. The molecule has 1 aromatic carbocycles. The Bertz CT molecular complexity index is 447. The van der Waals surface area contributed by atoms with Gasteiger partial charge in [-0.25, -0.2) is 4.98 Å². The van der Waals surface area contributed by atoms with Crippen molar-refractivity contribution in [3.63, 3.8) is 0 Å². The molecule has 1 N–H and O–H groups in total. The maximum Gasteiger partial charge on any atom is 0.0963 e. The molecule has 0 atom stereocenters. The van der Waals surface area contributed by atoms with E-state index in [1.165, 1.54) is 4.70 Å². The molecular weight excluding hydrogens is 194 g/mol. The Morgan fingerprint density at radius 1 is 1.43 bits per heavy atom. The SMILES string of the molecule is CC(C)c1nc2ccc(CO)cc2s1. The van der Waals surface area contributed by atoms with Crippen LogP contribution in [0.15, 0.2) is 18.2 Å². The van der Waals surface area contributed by atoms with Crippen LogP contribution in [0, 0.1) is 0 Å². The van der Waals surface area contributed by atoms with Crippen molar-refractivity contribution < 1.29 is 5.11 Å². The molecule has 0 bridgehead atoms. The van der Waals surface area contributed by atoms with Gasteiger partial charge in [0.1, 0.15) is 0 Å². The van der Waals surface area contributed by atoms with E-state index in [1.807, 2.05) is 18.2 Å². The molecule has 2 rings (SSSR count). The summed E-state index contributed by atoms with van der Waals surface area (Å²) < 4.78 is 1.17. The Morgan fingerprint density at radius 3 is 2.86 bits per heavy atom. The highest BCUT2D eigenvalue weighted by molar-refractivity contribution is 7.18. The number of aliphatic hydroxyl groups is 1. The highest BCUT2D eigenvalue weighted by Gasteiger charge is 2.07. The molecule has 0 saturated carbocycles. The van der Waals surface area contributed by atoms with Gasteiger partial charge >= 0.3 is 0 Å². The van der Waals surface area contributed by atoms with Crippen molar-refractivity contribution in [1.29, 1.82) is 0 Å². The first-order chi connectivity index (χ1) is 6.70. The van der Waals surface area contributed by atoms with E-state index in [-0.39, 0.29) is 6.61 Å². The molecule has 74 valence electrons. The predicted octanol–water partition coefficient (Wildman–Crippen LogP) is 2.91. The van der Waals surface area contributed by atoms with E-state index in [1.54, 1.807) is 11.3 Å². The molecular formula is C11H13NOS. The lowest BCUT2D eigenvalue weighted by molar-refractivity contribution is 0.282. The second-order valence-corrected chi connectivity index (χ2v) is 4.73. The van der Waals surface area contributed by atoms with E-state index in [4.69, 9.17) is 5.11 Å². The Balaban J connectivity index is 2.54. The highest BCUT2D eigenvalue weighted by atomic mass is 32.1. The van der Waals surface area contributed by atoms with Crippen molar-refractivity contribution in [3.05, 3.63) is 28.8 Å². The van der Waals surface area contributed by atoms with Gasteiger partial charge in [0.15, 0.2) is 0 Å². The van der Waals surface area contributed by atoms with Gasteiger partial charge in [-0.1, -0.05) is 19.9 Å². The third-order valence-electron chi connectivity index (χ3n) is 2.15. The monoisotopic (exact) mass is 207 g/mol. The zero-order valence-corrected chi connectivity index (χ0v) is 9.14. The van der Waals surface area contributed by atoms with Gasteiger partial charge in [-0.2, -0.15) is 0 Å². The first kappa shape index (κ1) is 9.62. The number of thiazole rings is 1. The van der Waals surface area contributed by atoms with E-state index in [0.29, 0.717) is 5.92 Å². The fraction of sp³-hybridized carbons (Fsp3) is 0.364. The van der Waals surface area contributed by atoms with Crippen LogP contribution >= 0.6 is 11.3 Å². The quantitative estimate of drug-likeness (QED) is 0.821. The van der Waals surface area contributed by atoms with Gasteiger partial charge in [-0.15, -0.1) is 11.3 Å². The predicted molar refractivity (Wildman–Crippen MR) is 59.6 cm³/mol. The number of aliphatic hydroxyl groups excluding tert-OH is 1. The van der Waals surface area contributed by atoms with E-state index in [0.717, 1.165) is 16.1 Å². The molecule has 0 radical (unpaired) electrons. The van der Waals surface area contributed by atoms with Crippen LogP contribution in [-0.2, 0) is 6.61 Å². The van der Waals surface area contributed by atoms with Crippen LogP contribution in [-0.4, -0.2) is 10.1 Å². The van der Waals surface area contributed by atoms with Crippen LogP contribution in [0.5, 0.6) is 0 Å². The first-order valence-corrected chi connectivity index (χ1v) is 5.52. The summed E-state index contributed by atoms with van der Waals surface area (Å²) in [6.45, 7) is 4.39. The average Bonchev–Trinajstić information content (AvgIpc) is 2.59. The highest BCUT2D eigenvalue weighted by Crippen LogP contribution is 2.27. The van der Waals surface area contributed by atoms with Crippen molar-refractivity contribution >= 4 is 21.6 Å². The summed E-state index contributed by atoms with van der Waals surface area (Å²) in [4.78, 5) is 4.52. The number of aromatic nitrogens is 1. The van der Waals surface area contributed by atoms with Gasteiger partial charge < -0.3 is 5.11 Å². The van der Waals surface area contributed by atoms with Crippen LogP contribution in [0.2, 0.25) is 0 Å². The Labute approximate surface area is 87.2 Å². The number of rotatable bonds is 2. The fourth-order valence-electron chi connectivity index (χ4n) is 1.33. The molecule has 0 aliphatic rings. The minimum absolute atomic E-state index is 0.102. The minimum atomic E-state index is 0.102. The van der Waals surface area contributed by atoms with Crippen LogP contribution < -0.4 is 0 Å². The second kappa shape index (κ2) is 3.67. The number of benzene rings is 1. The number of hydrogen-bond donors (Lipinski definition) is 1. The summed E-state index contributed by atoms with van der Waals surface area (Å²) in [5.41, 5.74) is 1.99. The zero-order chi connectivity index (χ0) is 10.1.